The van der Waals surface area contributed by atoms with Crippen molar-refractivity contribution in [3.05, 3.63) is 107 Å². The van der Waals surface area contributed by atoms with Gasteiger partial charge < -0.3 is 19.3 Å². The Morgan fingerprint density at radius 3 is 2.85 bits per heavy atom. The lowest BCUT2D eigenvalue weighted by Gasteiger charge is -2.27. The van der Waals surface area contributed by atoms with Gasteiger partial charge in [0.25, 0.3) is 5.91 Å². The second-order valence-corrected chi connectivity index (χ2v) is 10.5. The molecule has 202 valence electrons. The summed E-state index contributed by atoms with van der Waals surface area (Å²) in [5.41, 5.74) is 3.19. The summed E-state index contributed by atoms with van der Waals surface area (Å²) in [6, 6.07) is 14.2. The van der Waals surface area contributed by atoms with Crippen LogP contribution in [0.4, 0.5) is 0 Å². The van der Waals surface area contributed by atoms with E-state index in [4.69, 9.17) is 4.74 Å². The fraction of sp³-hybridized carbons (Fsp3) is 0.200. The lowest BCUT2D eigenvalue weighted by molar-refractivity contribution is -0.129. The number of thiazole rings is 1. The lowest BCUT2D eigenvalue weighted by atomic mass is 9.94. The van der Waals surface area contributed by atoms with Crippen LogP contribution >= 0.6 is 11.3 Å². The highest BCUT2D eigenvalue weighted by Crippen LogP contribution is 2.41. The van der Waals surface area contributed by atoms with E-state index in [0.29, 0.717) is 53.0 Å². The Hall–Kier alpha value is -4.70. The molecule has 40 heavy (non-hydrogen) atoms. The number of Topliss-reactive ketones (excluding diaryl/α,β-unsaturated/α-hetero) is 1. The van der Waals surface area contributed by atoms with Crippen molar-refractivity contribution in [3.63, 3.8) is 0 Å². The van der Waals surface area contributed by atoms with Gasteiger partial charge in [-0.05, 0) is 43.2 Å². The summed E-state index contributed by atoms with van der Waals surface area (Å²) in [7, 11) is 0. The predicted molar refractivity (Wildman–Crippen MR) is 153 cm³/mol. The fourth-order valence-electron chi connectivity index (χ4n) is 5.23. The van der Waals surface area contributed by atoms with Gasteiger partial charge in [0.05, 0.1) is 33.9 Å². The molecule has 5 aromatic rings. The number of ether oxygens (including phenoxy) is 1. The van der Waals surface area contributed by atoms with E-state index in [9.17, 15) is 14.7 Å². The number of benzene rings is 2. The summed E-state index contributed by atoms with van der Waals surface area (Å²) in [6.45, 7) is 6.84. The van der Waals surface area contributed by atoms with Crippen LogP contribution in [0.2, 0.25) is 0 Å². The van der Waals surface area contributed by atoms with Crippen LogP contribution in [0, 0.1) is 6.92 Å². The van der Waals surface area contributed by atoms with Crippen molar-refractivity contribution < 1.29 is 19.4 Å². The van der Waals surface area contributed by atoms with Crippen molar-refractivity contribution in [3.8, 4) is 5.75 Å². The highest BCUT2D eigenvalue weighted by atomic mass is 32.1. The van der Waals surface area contributed by atoms with Gasteiger partial charge in [-0.2, -0.15) is 0 Å². The van der Waals surface area contributed by atoms with Crippen LogP contribution in [0.1, 0.15) is 33.4 Å². The third-order valence-electron chi connectivity index (χ3n) is 7.06. The molecular formula is C30H27N5O4S. The number of aryl methyl sites for hydroxylation is 2. The van der Waals surface area contributed by atoms with Crippen LogP contribution in [0.25, 0.3) is 16.0 Å². The molecule has 1 amide bonds. The van der Waals surface area contributed by atoms with E-state index in [1.807, 2.05) is 64.6 Å². The number of fused-ring (bicyclic) bond motifs is 3. The molecule has 1 unspecified atom stereocenters. The van der Waals surface area contributed by atoms with Crippen molar-refractivity contribution >= 4 is 39.0 Å². The van der Waals surface area contributed by atoms with Crippen molar-refractivity contribution in [1.82, 2.24) is 23.8 Å². The molecule has 9 nitrogen and oxygen atoms in total. The van der Waals surface area contributed by atoms with Crippen LogP contribution in [-0.2, 0) is 11.3 Å². The van der Waals surface area contributed by atoms with Crippen molar-refractivity contribution in [2.24, 2.45) is 0 Å². The Balaban J connectivity index is 1.40. The fourth-order valence-corrected chi connectivity index (χ4v) is 6.33. The Kier molecular flexibility index (Phi) is 6.69. The summed E-state index contributed by atoms with van der Waals surface area (Å²) < 4.78 is 9.61. The van der Waals surface area contributed by atoms with Crippen LogP contribution in [0.5, 0.6) is 5.75 Å². The number of amides is 1. The van der Waals surface area contributed by atoms with Gasteiger partial charge in [0, 0.05) is 31.2 Å². The minimum Gasteiger partial charge on any atom is -0.503 e. The minimum atomic E-state index is -0.777. The molecule has 3 aromatic heterocycles. The van der Waals surface area contributed by atoms with Crippen molar-refractivity contribution in [2.75, 3.05) is 13.2 Å². The van der Waals surface area contributed by atoms with E-state index in [0.717, 1.165) is 11.0 Å². The molecule has 10 heteroatoms. The molecule has 1 aliphatic heterocycles. The first-order valence-corrected chi connectivity index (χ1v) is 13.7. The number of carbonyl (C=O) groups excluding carboxylic acids is 2. The Morgan fingerprint density at radius 1 is 1.20 bits per heavy atom. The molecule has 6 rings (SSSR count). The zero-order valence-corrected chi connectivity index (χ0v) is 22.7. The summed E-state index contributed by atoms with van der Waals surface area (Å²) in [5.74, 6) is -0.896. The third-order valence-corrected chi connectivity index (χ3v) is 8.20. The SMILES string of the molecule is C=CCOc1cccc(C2C(C(=O)c3sc4nc5ccccc5n4c3C)=C(O)C(=O)N2CCCn2ccnc2)c1. The highest BCUT2D eigenvalue weighted by Gasteiger charge is 2.44. The molecule has 0 bridgehead atoms. The second-order valence-electron chi connectivity index (χ2n) is 9.55. The first kappa shape index (κ1) is 25.6. The van der Waals surface area contributed by atoms with Crippen molar-refractivity contribution in [1.29, 1.82) is 0 Å². The Morgan fingerprint density at radius 2 is 2.05 bits per heavy atom. The number of aliphatic hydroxyl groups is 1. The van der Waals surface area contributed by atoms with Crippen LogP contribution in [0.3, 0.4) is 0 Å². The molecule has 2 aromatic carbocycles. The standard InChI is InChI=1S/C30H27N5O4S/c1-3-16-39-21-9-6-8-20(17-21)25-24(27(37)29(38)34(25)14-7-13-33-15-12-31-18-33)26(36)28-19(2)35-23-11-5-4-10-22(23)32-30(35)40-28/h3-6,8-12,15,17-18,25,37H,1,7,13-14,16H2,2H3. The summed E-state index contributed by atoms with van der Waals surface area (Å²) in [4.78, 5) is 39.1. The predicted octanol–water partition coefficient (Wildman–Crippen LogP) is 5.29. The summed E-state index contributed by atoms with van der Waals surface area (Å²) in [6.07, 6.45) is 7.53. The molecular weight excluding hydrogens is 526 g/mol. The molecule has 0 fully saturated rings. The molecule has 0 saturated carbocycles. The largest absolute Gasteiger partial charge is 0.503 e. The van der Waals surface area contributed by atoms with Gasteiger partial charge in [-0.3, -0.25) is 14.0 Å². The van der Waals surface area contributed by atoms with Gasteiger partial charge in [0.2, 0.25) is 5.78 Å². The average Bonchev–Trinajstić information content (AvgIpc) is 3.73. The van der Waals surface area contributed by atoms with E-state index in [1.165, 1.54) is 11.3 Å². The molecule has 0 spiro atoms. The smallest absolute Gasteiger partial charge is 0.290 e. The number of ketones is 1. The van der Waals surface area contributed by atoms with Gasteiger partial charge in [0.1, 0.15) is 12.4 Å². The summed E-state index contributed by atoms with van der Waals surface area (Å²) >= 11 is 1.26. The molecule has 1 aliphatic rings. The van der Waals surface area contributed by atoms with Crippen LogP contribution in [0.15, 0.2) is 91.2 Å². The maximum atomic E-state index is 14.2. The average molecular weight is 554 g/mol. The molecule has 1 atom stereocenters. The van der Waals surface area contributed by atoms with Gasteiger partial charge in [-0.25, -0.2) is 9.97 Å². The monoisotopic (exact) mass is 553 g/mol. The number of aromatic nitrogens is 4. The minimum absolute atomic E-state index is 0.0606. The highest BCUT2D eigenvalue weighted by molar-refractivity contribution is 7.19. The first-order chi connectivity index (χ1) is 19.5. The first-order valence-electron chi connectivity index (χ1n) is 12.9. The Labute approximate surface area is 234 Å². The van der Waals surface area contributed by atoms with Crippen molar-refractivity contribution in [2.45, 2.75) is 25.9 Å². The van der Waals surface area contributed by atoms with E-state index in [1.54, 1.807) is 29.6 Å². The maximum Gasteiger partial charge on any atom is 0.290 e. The number of rotatable bonds is 10. The number of para-hydroxylation sites is 2. The number of imidazole rings is 2. The lowest BCUT2D eigenvalue weighted by Crippen LogP contribution is -2.32. The maximum absolute atomic E-state index is 14.2. The Bertz CT molecular complexity index is 1780. The molecule has 1 N–H and O–H groups in total. The number of hydrogen-bond donors (Lipinski definition) is 1. The summed E-state index contributed by atoms with van der Waals surface area (Å²) in [5, 5.41) is 11.2. The third kappa shape index (κ3) is 4.36. The zero-order chi connectivity index (χ0) is 27.8. The quantitative estimate of drug-likeness (QED) is 0.186. The topological polar surface area (TPSA) is 102 Å². The molecule has 0 saturated heterocycles. The van der Waals surface area contributed by atoms with Crippen LogP contribution < -0.4 is 4.74 Å². The molecule has 0 aliphatic carbocycles. The normalized spacial score (nSPS) is 15.5. The molecule has 4 heterocycles. The number of hydrogen-bond acceptors (Lipinski definition) is 7. The van der Waals surface area contributed by atoms with Gasteiger partial charge in [-0.15, -0.1) is 0 Å². The van der Waals surface area contributed by atoms with E-state index in [2.05, 4.69) is 16.5 Å². The van der Waals surface area contributed by atoms with E-state index >= 15 is 0 Å². The number of nitrogens with zero attached hydrogens (tertiary/aromatic N) is 5. The molecule has 0 radical (unpaired) electrons. The van der Waals surface area contributed by atoms with Crippen LogP contribution in [-0.4, -0.2) is 53.8 Å². The van der Waals surface area contributed by atoms with Gasteiger partial charge in [0.15, 0.2) is 10.7 Å². The van der Waals surface area contributed by atoms with E-state index in [-0.39, 0.29) is 11.4 Å². The zero-order valence-electron chi connectivity index (χ0n) is 21.9. The van der Waals surface area contributed by atoms with Gasteiger partial charge in [-0.1, -0.05) is 48.3 Å². The van der Waals surface area contributed by atoms with E-state index < -0.39 is 17.7 Å². The number of aliphatic hydroxyl groups excluding tert-OH is 1. The second kappa shape index (κ2) is 10.5. The number of carbonyl (C=O) groups is 2. The van der Waals surface area contributed by atoms with Gasteiger partial charge >= 0.3 is 0 Å².